The lowest BCUT2D eigenvalue weighted by Gasteiger charge is -2.06. The molecule has 28 heavy (non-hydrogen) atoms. The summed E-state index contributed by atoms with van der Waals surface area (Å²) in [6.45, 7) is 1.60. The summed E-state index contributed by atoms with van der Waals surface area (Å²) >= 11 is 0. The summed E-state index contributed by atoms with van der Waals surface area (Å²) in [6, 6.07) is 3.42. The summed E-state index contributed by atoms with van der Waals surface area (Å²) in [4.78, 5) is 25.3. The third-order valence-corrected chi connectivity index (χ3v) is 4.90. The molecule has 1 aromatic heterocycles. The fraction of sp³-hybridized carbons (Fsp3) is 0.136. The van der Waals surface area contributed by atoms with Crippen molar-refractivity contribution in [1.82, 2.24) is 10.3 Å². The van der Waals surface area contributed by atoms with E-state index in [0.717, 1.165) is 27.8 Å². The predicted octanol–water partition coefficient (Wildman–Crippen LogP) is 0.554. The lowest BCUT2D eigenvalue weighted by Crippen LogP contribution is -2.28. The summed E-state index contributed by atoms with van der Waals surface area (Å²) in [5.74, 6) is -0.147. The SMILES string of the molecule is CC(O)C1=C2/C=C3/C=CC(=N3)/C=c3/cc/c([nH]3)=C/C3=NC(=C\C(N2)C1=O)/C=C3. The number of H-pyrrole nitrogens is 1. The van der Waals surface area contributed by atoms with E-state index >= 15 is 0 Å². The molecule has 0 aromatic carbocycles. The summed E-state index contributed by atoms with van der Waals surface area (Å²) in [7, 11) is 0. The number of aliphatic hydroxyl groups is 1. The molecule has 0 saturated heterocycles. The second-order valence-electron chi connectivity index (χ2n) is 7.05. The lowest BCUT2D eigenvalue weighted by molar-refractivity contribution is -0.116. The molecular weight excluding hydrogens is 352 g/mol. The smallest absolute Gasteiger partial charge is 0.189 e. The Hall–Kier alpha value is -3.51. The van der Waals surface area contributed by atoms with Gasteiger partial charge in [0.05, 0.1) is 28.9 Å². The van der Waals surface area contributed by atoms with Crippen molar-refractivity contribution in [2.45, 2.75) is 19.1 Å². The maximum absolute atomic E-state index is 12.8. The van der Waals surface area contributed by atoms with Crippen molar-refractivity contribution in [1.29, 1.82) is 0 Å². The molecule has 138 valence electrons. The van der Waals surface area contributed by atoms with Crippen LogP contribution in [-0.2, 0) is 4.79 Å². The Bertz CT molecular complexity index is 1230. The van der Waals surface area contributed by atoms with Crippen molar-refractivity contribution < 1.29 is 9.90 Å². The molecule has 0 amide bonds. The number of aliphatic hydroxyl groups excluding tert-OH is 1. The number of ketones is 1. The first-order chi connectivity index (χ1) is 13.5. The van der Waals surface area contributed by atoms with Gasteiger partial charge in [0.2, 0.25) is 0 Å². The van der Waals surface area contributed by atoms with Crippen LogP contribution < -0.4 is 16.0 Å². The van der Waals surface area contributed by atoms with E-state index in [1.54, 1.807) is 19.1 Å². The van der Waals surface area contributed by atoms with Crippen LogP contribution in [0.5, 0.6) is 0 Å². The minimum absolute atomic E-state index is 0.147. The van der Waals surface area contributed by atoms with E-state index in [1.165, 1.54) is 0 Å². The van der Waals surface area contributed by atoms with Crippen LogP contribution in [0.15, 0.2) is 81.2 Å². The highest BCUT2D eigenvalue weighted by Gasteiger charge is 2.33. The Morgan fingerprint density at radius 3 is 2.29 bits per heavy atom. The van der Waals surface area contributed by atoms with Crippen LogP contribution in [0.1, 0.15) is 6.92 Å². The van der Waals surface area contributed by atoms with Gasteiger partial charge < -0.3 is 15.4 Å². The first-order valence-corrected chi connectivity index (χ1v) is 9.14. The molecule has 6 nitrogen and oxygen atoms in total. The van der Waals surface area contributed by atoms with E-state index in [0.29, 0.717) is 17.0 Å². The van der Waals surface area contributed by atoms with Gasteiger partial charge in [0, 0.05) is 22.0 Å². The van der Waals surface area contributed by atoms with E-state index in [1.807, 2.05) is 48.6 Å². The third-order valence-electron chi connectivity index (χ3n) is 4.90. The summed E-state index contributed by atoms with van der Waals surface area (Å²) in [5, 5.41) is 15.2. The molecule has 2 atom stereocenters. The molecule has 0 spiro atoms. The number of Topliss-reactive ketones (excluding diaryl/α,β-unsaturated/α-hetero) is 1. The van der Waals surface area contributed by atoms with Crippen molar-refractivity contribution in [2.75, 3.05) is 0 Å². The van der Waals surface area contributed by atoms with Gasteiger partial charge in [0.25, 0.3) is 0 Å². The highest BCUT2D eigenvalue weighted by Crippen LogP contribution is 2.25. The summed E-state index contributed by atoms with van der Waals surface area (Å²) in [5.41, 5.74) is 4.01. The standard InChI is InChI=1S/C22H18N4O2/c1-12(27)21-19-10-17-6-4-15(24-17)8-13-2-3-14(23-13)9-16-5-7-18(25-16)11-20(26-19)22(21)28/h2-12,20,23,26-27H,1H3/b13-8-,14-9-,17-10-,18-11-. The summed E-state index contributed by atoms with van der Waals surface area (Å²) in [6.07, 6.45) is 14.2. The molecule has 5 rings (SSSR count). The van der Waals surface area contributed by atoms with E-state index in [2.05, 4.69) is 20.3 Å². The van der Waals surface area contributed by atoms with Gasteiger partial charge in [-0.05, 0) is 67.7 Å². The maximum atomic E-state index is 12.8. The van der Waals surface area contributed by atoms with E-state index in [9.17, 15) is 9.90 Å². The number of nitrogens with one attached hydrogen (secondary N) is 2. The van der Waals surface area contributed by atoms with Crippen LogP contribution >= 0.6 is 0 Å². The van der Waals surface area contributed by atoms with Crippen molar-refractivity contribution >= 4 is 29.4 Å². The number of aliphatic imine (C=N–C) groups is 2. The van der Waals surface area contributed by atoms with Gasteiger partial charge in [-0.2, -0.15) is 0 Å². The zero-order valence-electron chi connectivity index (χ0n) is 15.2. The molecule has 2 unspecified atom stereocenters. The number of hydrogen-bond acceptors (Lipinski definition) is 5. The minimum Gasteiger partial charge on any atom is -0.388 e. The number of allylic oxidation sites excluding steroid dienone is 5. The van der Waals surface area contributed by atoms with Crippen molar-refractivity contribution in [3.63, 3.8) is 0 Å². The second kappa shape index (κ2) is 6.28. The van der Waals surface area contributed by atoms with Crippen LogP contribution in [-0.4, -0.2) is 39.4 Å². The predicted molar refractivity (Wildman–Crippen MR) is 109 cm³/mol. The van der Waals surface area contributed by atoms with Crippen molar-refractivity contribution in [2.24, 2.45) is 9.98 Å². The largest absolute Gasteiger partial charge is 0.388 e. The Kier molecular flexibility index (Phi) is 3.74. The molecule has 0 radical (unpaired) electrons. The van der Waals surface area contributed by atoms with E-state index in [-0.39, 0.29) is 5.78 Å². The molecule has 0 fully saturated rings. The fourth-order valence-electron chi connectivity index (χ4n) is 3.64. The van der Waals surface area contributed by atoms with Crippen molar-refractivity contribution in [3.05, 3.63) is 82.0 Å². The van der Waals surface area contributed by atoms with Crippen molar-refractivity contribution in [3.8, 4) is 0 Å². The first-order valence-electron chi connectivity index (χ1n) is 9.14. The fourth-order valence-corrected chi connectivity index (χ4v) is 3.64. The molecular formula is C22H18N4O2. The Labute approximate surface area is 161 Å². The molecule has 6 heteroatoms. The van der Waals surface area contributed by atoms with Gasteiger partial charge in [-0.15, -0.1) is 0 Å². The molecule has 5 heterocycles. The van der Waals surface area contributed by atoms with Gasteiger partial charge in [0.15, 0.2) is 5.78 Å². The van der Waals surface area contributed by atoms with Crippen LogP contribution in [0, 0.1) is 0 Å². The Morgan fingerprint density at radius 1 is 0.964 bits per heavy atom. The van der Waals surface area contributed by atoms with Crippen LogP contribution in [0.25, 0.3) is 12.2 Å². The maximum Gasteiger partial charge on any atom is 0.189 e. The number of hydrogen-bond donors (Lipinski definition) is 3. The highest BCUT2D eigenvalue weighted by atomic mass is 16.3. The summed E-state index contributed by atoms with van der Waals surface area (Å²) < 4.78 is 0. The lowest BCUT2D eigenvalue weighted by atomic mass is 10.0. The number of rotatable bonds is 1. The normalized spacial score (nSPS) is 29.6. The molecule has 0 aliphatic carbocycles. The van der Waals surface area contributed by atoms with E-state index in [4.69, 9.17) is 0 Å². The average Bonchev–Trinajstić information content (AvgIpc) is 3.40. The number of fused-ring (bicyclic) bond motifs is 6. The van der Waals surface area contributed by atoms with Crippen LogP contribution in [0.4, 0.5) is 0 Å². The second-order valence-corrected chi connectivity index (χ2v) is 7.05. The molecule has 3 N–H and O–H groups in total. The van der Waals surface area contributed by atoms with Gasteiger partial charge in [-0.1, -0.05) is 0 Å². The molecule has 1 aromatic rings. The molecule has 4 aliphatic heterocycles. The third kappa shape index (κ3) is 2.93. The number of nitrogens with zero attached hydrogens (tertiary/aromatic N) is 2. The zero-order valence-corrected chi connectivity index (χ0v) is 15.2. The van der Waals surface area contributed by atoms with Crippen LogP contribution in [0.2, 0.25) is 0 Å². The quantitative estimate of drug-likeness (QED) is 0.675. The van der Waals surface area contributed by atoms with Gasteiger partial charge in [-0.25, -0.2) is 9.98 Å². The first kappa shape index (κ1) is 16.6. The van der Waals surface area contributed by atoms with Gasteiger partial charge in [-0.3, -0.25) is 4.79 Å². The minimum atomic E-state index is -0.874. The van der Waals surface area contributed by atoms with Gasteiger partial charge in [0.1, 0.15) is 6.04 Å². The molecule has 4 aliphatic rings. The monoisotopic (exact) mass is 370 g/mol. The molecule has 0 saturated carbocycles. The number of carbonyl (C=O) groups excluding carboxylic acids is 1. The van der Waals surface area contributed by atoms with E-state index < -0.39 is 12.1 Å². The highest BCUT2D eigenvalue weighted by molar-refractivity contribution is 6.20. The Balaban J connectivity index is 1.70. The number of carbonyl (C=O) groups is 1. The topological polar surface area (TPSA) is 89.8 Å². The zero-order chi connectivity index (χ0) is 19.3. The van der Waals surface area contributed by atoms with Crippen LogP contribution in [0.3, 0.4) is 0 Å². The number of aromatic nitrogens is 1. The van der Waals surface area contributed by atoms with Gasteiger partial charge >= 0.3 is 0 Å². The average molecular weight is 370 g/mol. The molecule has 8 bridgehead atoms. The Morgan fingerprint density at radius 2 is 1.61 bits per heavy atom. The number of aromatic amines is 1.